The zero-order chi connectivity index (χ0) is 24.7. The molecule has 0 spiro atoms. The van der Waals surface area contributed by atoms with Crippen LogP contribution in [0.2, 0.25) is 0 Å². The number of nitrogens with one attached hydrogen (secondary N) is 1. The fourth-order valence-electron chi connectivity index (χ4n) is 2.82. The maximum absolute atomic E-state index is 11.8. The summed E-state index contributed by atoms with van der Waals surface area (Å²) in [7, 11) is 2.72. The minimum absolute atomic E-state index is 0.0251. The quantitative estimate of drug-likeness (QED) is 0.198. The Kier molecular flexibility index (Phi) is 7.98. The van der Waals surface area contributed by atoms with Gasteiger partial charge in [-0.1, -0.05) is 6.07 Å². The molecule has 1 fully saturated rings. The molecule has 2 aromatic rings. The molecule has 0 aliphatic carbocycles. The largest absolute Gasteiger partial charge is 0.496 e. The molecule has 1 amide bonds. The standard InChI is InChI=1S/C22H20N4O7S/c1-13-4-6-16(26(29)30)18(8-13)33-12-15-9-14(5-7-17(15)31-2)11-23-25-22-24-21(28)19(34-22)10-20(27)32-3/h4-11H,12H2,1-3H3,(H,24,25,28)/b19-10+,23-11?. The molecule has 0 atom stereocenters. The van der Waals surface area contributed by atoms with Crippen molar-refractivity contribution in [3.8, 4) is 11.5 Å². The van der Waals surface area contributed by atoms with Gasteiger partial charge in [0.2, 0.25) is 0 Å². The van der Waals surface area contributed by atoms with E-state index >= 15 is 0 Å². The average molecular weight is 484 g/mol. The zero-order valence-electron chi connectivity index (χ0n) is 18.4. The van der Waals surface area contributed by atoms with Crippen LogP contribution in [0.3, 0.4) is 0 Å². The van der Waals surface area contributed by atoms with Crippen molar-refractivity contribution in [2.24, 2.45) is 10.2 Å². The first-order valence-electron chi connectivity index (χ1n) is 9.75. The van der Waals surface area contributed by atoms with Crippen LogP contribution in [-0.4, -0.2) is 42.4 Å². The van der Waals surface area contributed by atoms with Gasteiger partial charge < -0.3 is 14.2 Å². The van der Waals surface area contributed by atoms with Crippen LogP contribution >= 0.6 is 11.8 Å². The predicted molar refractivity (Wildman–Crippen MR) is 126 cm³/mol. The summed E-state index contributed by atoms with van der Waals surface area (Å²) in [6.45, 7) is 1.84. The summed E-state index contributed by atoms with van der Waals surface area (Å²) in [5, 5.41) is 21.9. The molecule has 3 rings (SSSR count). The minimum Gasteiger partial charge on any atom is -0.496 e. The van der Waals surface area contributed by atoms with Gasteiger partial charge in [-0.15, -0.1) is 5.10 Å². The number of nitro groups is 1. The number of nitrogens with zero attached hydrogens (tertiary/aromatic N) is 3. The Morgan fingerprint density at radius 2 is 2.00 bits per heavy atom. The zero-order valence-corrected chi connectivity index (χ0v) is 19.3. The molecule has 1 aliphatic rings. The molecule has 0 bridgehead atoms. The highest BCUT2D eigenvalue weighted by Gasteiger charge is 2.25. The van der Waals surface area contributed by atoms with Gasteiger partial charge in [0.15, 0.2) is 10.9 Å². The molecule has 176 valence electrons. The van der Waals surface area contributed by atoms with Gasteiger partial charge in [0, 0.05) is 17.7 Å². The number of hydrogen-bond acceptors (Lipinski definition) is 10. The van der Waals surface area contributed by atoms with Crippen molar-refractivity contribution in [1.29, 1.82) is 0 Å². The molecule has 2 aromatic carbocycles. The van der Waals surface area contributed by atoms with Gasteiger partial charge in [-0.3, -0.25) is 20.2 Å². The highest BCUT2D eigenvalue weighted by Crippen LogP contribution is 2.30. The Balaban J connectivity index is 1.74. The second-order valence-electron chi connectivity index (χ2n) is 6.83. The second-order valence-corrected chi connectivity index (χ2v) is 7.86. The summed E-state index contributed by atoms with van der Waals surface area (Å²) in [6, 6.07) is 9.83. The first-order valence-corrected chi connectivity index (χ1v) is 10.6. The van der Waals surface area contributed by atoms with Gasteiger partial charge in [-0.05, 0) is 54.1 Å². The molecule has 1 aliphatic heterocycles. The van der Waals surface area contributed by atoms with Crippen molar-refractivity contribution < 1.29 is 28.7 Å². The number of rotatable bonds is 8. The highest BCUT2D eigenvalue weighted by atomic mass is 32.2. The van der Waals surface area contributed by atoms with E-state index < -0.39 is 16.8 Å². The third-order valence-corrected chi connectivity index (χ3v) is 5.36. The Labute approximate surface area is 198 Å². The van der Waals surface area contributed by atoms with E-state index in [-0.39, 0.29) is 28.1 Å². The number of hydrogen-bond donors (Lipinski definition) is 1. The lowest BCUT2D eigenvalue weighted by atomic mass is 10.1. The van der Waals surface area contributed by atoms with Crippen molar-refractivity contribution >= 4 is 40.7 Å². The van der Waals surface area contributed by atoms with E-state index in [1.165, 1.54) is 26.5 Å². The number of ether oxygens (including phenoxy) is 3. The van der Waals surface area contributed by atoms with Gasteiger partial charge in [-0.25, -0.2) is 4.79 Å². The number of amidine groups is 1. The van der Waals surface area contributed by atoms with Crippen LogP contribution in [0.5, 0.6) is 11.5 Å². The summed E-state index contributed by atoms with van der Waals surface area (Å²) in [5.41, 5.74) is 1.99. The monoisotopic (exact) mass is 484 g/mol. The van der Waals surface area contributed by atoms with Gasteiger partial charge in [-0.2, -0.15) is 5.10 Å². The maximum atomic E-state index is 11.8. The lowest BCUT2D eigenvalue weighted by Gasteiger charge is -2.11. The van der Waals surface area contributed by atoms with Crippen molar-refractivity contribution in [3.05, 3.63) is 74.2 Å². The Hall–Kier alpha value is -4.19. The molecule has 0 unspecified atom stereocenters. The fourth-order valence-corrected chi connectivity index (χ4v) is 3.56. The van der Waals surface area contributed by atoms with Crippen molar-refractivity contribution in [2.75, 3.05) is 14.2 Å². The van der Waals surface area contributed by atoms with Crippen molar-refractivity contribution in [1.82, 2.24) is 5.32 Å². The third-order valence-electron chi connectivity index (χ3n) is 4.46. The molecule has 0 saturated carbocycles. The summed E-state index contributed by atoms with van der Waals surface area (Å²) >= 11 is 0.958. The number of nitro benzene ring substituents is 1. The third kappa shape index (κ3) is 6.19. The smallest absolute Gasteiger partial charge is 0.331 e. The SMILES string of the molecule is COC(=O)/C=C1/S/C(=N\N=Cc2ccc(OC)c(COc3cc(C)ccc3[N+](=O)[O-])c2)NC1=O. The molecule has 1 N–H and O–H groups in total. The topological polar surface area (TPSA) is 142 Å². The van der Waals surface area contributed by atoms with Gasteiger partial charge in [0.25, 0.3) is 5.91 Å². The Morgan fingerprint density at radius 1 is 1.21 bits per heavy atom. The van der Waals surface area contributed by atoms with Crippen LogP contribution in [0.4, 0.5) is 5.69 Å². The lowest BCUT2D eigenvalue weighted by molar-refractivity contribution is -0.386. The summed E-state index contributed by atoms with van der Waals surface area (Å²) in [6.07, 6.45) is 2.53. The van der Waals surface area contributed by atoms with Gasteiger partial charge >= 0.3 is 11.7 Å². The second kappa shape index (κ2) is 11.1. The van der Waals surface area contributed by atoms with Crippen LogP contribution in [0, 0.1) is 17.0 Å². The van der Waals surface area contributed by atoms with Gasteiger partial charge in [0.05, 0.1) is 30.3 Å². The summed E-state index contributed by atoms with van der Waals surface area (Å²) in [4.78, 5) is 34.1. The van der Waals surface area contributed by atoms with Crippen LogP contribution in [0.15, 0.2) is 57.6 Å². The number of methoxy groups -OCH3 is 2. The van der Waals surface area contributed by atoms with Crippen LogP contribution in [0.25, 0.3) is 0 Å². The molecular formula is C22H20N4O7S. The number of carbonyl (C=O) groups is 2. The Morgan fingerprint density at radius 3 is 2.71 bits per heavy atom. The molecule has 1 heterocycles. The highest BCUT2D eigenvalue weighted by molar-refractivity contribution is 8.18. The number of aryl methyl sites for hydroxylation is 1. The van der Waals surface area contributed by atoms with E-state index in [2.05, 4.69) is 20.3 Å². The van der Waals surface area contributed by atoms with E-state index in [0.717, 1.165) is 23.4 Å². The van der Waals surface area contributed by atoms with Crippen LogP contribution < -0.4 is 14.8 Å². The molecule has 11 nitrogen and oxygen atoms in total. The fraction of sp³-hybridized carbons (Fsp3) is 0.182. The number of thioether (sulfide) groups is 1. The average Bonchev–Trinajstić information content (AvgIpc) is 3.16. The molecule has 0 radical (unpaired) electrons. The van der Waals surface area contributed by atoms with E-state index in [0.29, 0.717) is 16.9 Å². The molecule has 34 heavy (non-hydrogen) atoms. The summed E-state index contributed by atoms with van der Waals surface area (Å²) in [5.74, 6) is -0.429. The van der Waals surface area contributed by atoms with Crippen molar-refractivity contribution in [3.63, 3.8) is 0 Å². The maximum Gasteiger partial charge on any atom is 0.331 e. The summed E-state index contributed by atoms with van der Waals surface area (Å²) < 4.78 is 15.6. The normalized spacial score (nSPS) is 15.6. The number of carbonyl (C=O) groups excluding carboxylic acids is 2. The molecule has 1 saturated heterocycles. The van der Waals surface area contributed by atoms with Crippen LogP contribution in [-0.2, 0) is 20.9 Å². The van der Waals surface area contributed by atoms with E-state index in [1.54, 1.807) is 30.3 Å². The van der Waals surface area contributed by atoms with E-state index in [1.807, 2.05) is 6.92 Å². The van der Waals surface area contributed by atoms with Gasteiger partial charge in [0.1, 0.15) is 12.4 Å². The molecule has 0 aromatic heterocycles. The predicted octanol–water partition coefficient (Wildman–Crippen LogP) is 3.10. The number of esters is 1. The van der Waals surface area contributed by atoms with Crippen LogP contribution in [0.1, 0.15) is 16.7 Å². The lowest BCUT2D eigenvalue weighted by Crippen LogP contribution is -2.19. The van der Waals surface area contributed by atoms with Crippen molar-refractivity contribution in [2.45, 2.75) is 13.5 Å². The molecular weight excluding hydrogens is 464 g/mol. The molecule has 12 heteroatoms. The number of benzene rings is 2. The van der Waals surface area contributed by atoms with E-state index in [4.69, 9.17) is 9.47 Å². The minimum atomic E-state index is -0.647. The van der Waals surface area contributed by atoms with E-state index in [9.17, 15) is 19.7 Å². The number of amides is 1. The first kappa shape index (κ1) is 24.5. The Bertz CT molecular complexity index is 1220. The first-order chi connectivity index (χ1) is 16.3.